The predicted molar refractivity (Wildman–Crippen MR) is 50.2 cm³/mol. The number of carboxylic acids is 1. The van der Waals surface area contributed by atoms with Crippen LogP contribution in [0.4, 0.5) is 4.39 Å². The minimum Gasteiger partial charge on any atom is -0.481 e. The van der Waals surface area contributed by atoms with Crippen LogP contribution in [0.1, 0.15) is 44.9 Å². The smallest absolute Gasteiger partial charge is 0.303 e. The Balaban J connectivity index is 3.00. The Bertz CT molecular complexity index is 148. The molecule has 0 saturated heterocycles. The van der Waals surface area contributed by atoms with Gasteiger partial charge in [-0.1, -0.05) is 25.8 Å². The van der Waals surface area contributed by atoms with E-state index in [2.05, 4.69) is 6.58 Å². The van der Waals surface area contributed by atoms with Crippen molar-refractivity contribution in [3.63, 3.8) is 0 Å². The molecule has 2 nitrogen and oxygen atoms in total. The summed E-state index contributed by atoms with van der Waals surface area (Å²) in [6, 6.07) is 0. The zero-order valence-corrected chi connectivity index (χ0v) is 7.89. The van der Waals surface area contributed by atoms with Crippen LogP contribution >= 0.6 is 0 Å². The fraction of sp³-hybridized carbons (Fsp3) is 0.700. The highest BCUT2D eigenvalue weighted by Crippen LogP contribution is 2.10. The maximum atomic E-state index is 12.1. The minimum atomic E-state index is -0.739. The van der Waals surface area contributed by atoms with Crippen LogP contribution in [0.5, 0.6) is 0 Å². The fourth-order valence-electron chi connectivity index (χ4n) is 1.12. The van der Waals surface area contributed by atoms with Gasteiger partial charge in [0.25, 0.3) is 0 Å². The average Bonchev–Trinajstić information content (AvgIpc) is 2.01. The molecular weight excluding hydrogens is 171 g/mol. The second-order valence-corrected chi connectivity index (χ2v) is 3.18. The first-order chi connectivity index (χ1) is 6.13. The summed E-state index contributed by atoms with van der Waals surface area (Å²) in [5, 5.41) is 8.33. The molecule has 0 atom stereocenters. The normalized spacial score (nSPS) is 9.92. The van der Waals surface area contributed by atoms with Crippen molar-refractivity contribution in [2.24, 2.45) is 0 Å². The van der Waals surface area contributed by atoms with E-state index in [1.165, 1.54) is 0 Å². The van der Waals surface area contributed by atoms with Gasteiger partial charge in [-0.15, -0.1) is 0 Å². The van der Waals surface area contributed by atoms with Gasteiger partial charge in [0.2, 0.25) is 0 Å². The third-order valence-corrected chi connectivity index (χ3v) is 1.84. The Morgan fingerprint density at radius 2 is 1.54 bits per heavy atom. The molecule has 76 valence electrons. The summed E-state index contributed by atoms with van der Waals surface area (Å²) in [6.45, 7) is 3.17. The lowest BCUT2D eigenvalue weighted by molar-refractivity contribution is -0.137. The molecule has 0 bridgehead atoms. The molecule has 0 heterocycles. The number of hydrogen-bond acceptors (Lipinski definition) is 1. The highest BCUT2D eigenvalue weighted by molar-refractivity contribution is 5.66. The first-order valence-electron chi connectivity index (χ1n) is 4.68. The van der Waals surface area contributed by atoms with E-state index in [0.717, 1.165) is 32.1 Å². The zero-order valence-electron chi connectivity index (χ0n) is 7.89. The first-order valence-corrected chi connectivity index (χ1v) is 4.68. The number of hydrogen-bond donors (Lipinski definition) is 1. The lowest BCUT2D eigenvalue weighted by atomic mass is 10.1. The van der Waals surface area contributed by atoms with Crippen LogP contribution in [0.15, 0.2) is 12.4 Å². The lowest BCUT2D eigenvalue weighted by Gasteiger charge is -1.98. The van der Waals surface area contributed by atoms with Gasteiger partial charge in [-0.2, -0.15) is 0 Å². The third-order valence-electron chi connectivity index (χ3n) is 1.84. The summed E-state index contributed by atoms with van der Waals surface area (Å²) in [5.74, 6) is -0.998. The Morgan fingerprint density at radius 1 is 1.08 bits per heavy atom. The van der Waals surface area contributed by atoms with Gasteiger partial charge in [0.1, 0.15) is 0 Å². The van der Waals surface area contributed by atoms with Crippen LogP contribution in [0, 0.1) is 0 Å². The quantitative estimate of drug-likeness (QED) is 0.593. The van der Waals surface area contributed by atoms with Crippen molar-refractivity contribution >= 4 is 5.97 Å². The second-order valence-electron chi connectivity index (χ2n) is 3.18. The number of rotatable bonds is 8. The fourth-order valence-corrected chi connectivity index (χ4v) is 1.12. The van der Waals surface area contributed by atoms with Gasteiger partial charge < -0.3 is 5.11 Å². The van der Waals surface area contributed by atoms with Crippen LogP contribution in [0.3, 0.4) is 0 Å². The number of aliphatic carboxylic acids is 1. The van der Waals surface area contributed by atoms with Crippen molar-refractivity contribution in [1.82, 2.24) is 0 Å². The standard InChI is InChI=1S/C10H17FO2/c1-9(11)7-5-3-2-4-6-8-10(12)13/h1-8H2,(H,12,13). The van der Waals surface area contributed by atoms with Crippen molar-refractivity contribution in [1.29, 1.82) is 0 Å². The van der Waals surface area contributed by atoms with Crippen LogP contribution in [-0.4, -0.2) is 11.1 Å². The summed E-state index contributed by atoms with van der Waals surface area (Å²) in [5.41, 5.74) is 0. The number of unbranched alkanes of at least 4 members (excludes halogenated alkanes) is 4. The van der Waals surface area contributed by atoms with E-state index in [1.807, 2.05) is 0 Å². The maximum absolute atomic E-state index is 12.1. The molecule has 0 radical (unpaired) electrons. The monoisotopic (exact) mass is 188 g/mol. The van der Waals surface area contributed by atoms with Gasteiger partial charge in [0.05, 0.1) is 5.83 Å². The first kappa shape index (κ1) is 12.1. The second kappa shape index (κ2) is 7.77. The van der Waals surface area contributed by atoms with E-state index < -0.39 is 5.97 Å². The van der Waals surface area contributed by atoms with Gasteiger partial charge in [0.15, 0.2) is 0 Å². The lowest BCUT2D eigenvalue weighted by Crippen LogP contribution is -1.93. The molecular formula is C10H17FO2. The molecule has 0 aliphatic carbocycles. The number of halogens is 1. The highest BCUT2D eigenvalue weighted by atomic mass is 19.1. The minimum absolute atomic E-state index is 0.246. The Morgan fingerprint density at radius 3 is 2.00 bits per heavy atom. The summed E-state index contributed by atoms with van der Waals surface area (Å²) in [6.07, 6.45) is 5.11. The van der Waals surface area contributed by atoms with E-state index in [0.29, 0.717) is 6.42 Å². The summed E-state index contributed by atoms with van der Waals surface area (Å²) in [4.78, 5) is 10.1. The molecule has 0 rings (SSSR count). The van der Waals surface area contributed by atoms with E-state index in [1.54, 1.807) is 0 Å². The van der Waals surface area contributed by atoms with E-state index >= 15 is 0 Å². The molecule has 0 spiro atoms. The van der Waals surface area contributed by atoms with Gasteiger partial charge in [-0.25, -0.2) is 4.39 Å². The van der Waals surface area contributed by atoms with Gasteiger partial charge in [0, 0.05) is 6.42 Å². The molecule has 3 heteroatoms. The van der Waals surface area contributed by atoms with Crippen LogP contribution in [0.2, 0.25) is 0 Å². The van der Waals surface area contributed by atoms with E-state index in [9.17, 15) is 9.18 Å². The van der Waals surface area contributed by atoms with Crippen molar-refractivity contribution in [2.75, 3.05) is 0 Å². The van der Waals surface area contributed by atoms with Crippen molar-refractivity contribution < 1.29 is 14.3 Å². The molecule has 0 aromatic heterocycles. The number of carbonyl (C=O) groups is 1. The molecule has 0 amide bonds. The molecule has 0 fully saturated rings. The van der Waals surface area contributed by atoms with Crippen LogP contribution < -0.4 is 0 Å². The average molecular weight is 188 g/mol. The van der Waals surface area contributed by atoms with E-state index in [4.69, 9.17) is 5.11 Å². The molecule has 0 saturated carbocycles. The van der Waals surface area contributed by atoms with Gasteiger partial charge in [-0.3, -0.25) is 4.79 Å². The SMILES string of the molecule is C=C(F)CCCCCCCC(=O)O. The maximum Gasteiger partial charge on any atom is 0.303 e. The molecule has 13 heavy (non-hydrogen) atoms. The van der Waals surface area contributed by atoms with Gasteiger partial charge >= 0.3 is 5.97 Å². The molecule has 0 aliphatic rings. The Kier molecular flexibility index (Phi) is 7.26. The molecule has 0 unspecified atom stereocenters. The largest absolute Gasteiger partial charge is 0.481 e. The number of carboxylic acid groups (broad SMARTS) is 1. The van der Waals surface area contributed by atoms with E-state index in [-0.39, 0.29) is 12.2 Å². The van der Waals surface area contributed by atoms with Crippen molar-refractivity contribution in [3.05, 3.63) is 12.4 Å². The topological polar surface area (TPSA) is 37.3 Å². The molecule has 0 aliphatic heterocycles. The highest BCUT2D eigenvalue weighted by Gasteiger charge is 1.96. The molecule has 1 N–H and O–H groups in total. The van der Waals surface area contributed by atoms with Crippen molar-refractivity contribution in [3.8, 4) is 0 Å². The molecule has 0 aromatic carbocycles. The van der Waals surface area contributed by atoms with Gasteiger partial charge in [-0.05, 0) is 19.3 Å². The van der Waals surface area contributed by atoms with Crippen LogP contribution in [-0.2, 0) is 4.79 Å². The Hall–Kier alpha value is -0.860. The predicted octanol–water partition coefficient (Wildman–Crippen LogP) is 3.28. The van der Waals surface area contributed by atoms with Crippen LogP contribution in [0.25, 0.3) is 0 Å². The third kappa shape index (κ3) is 11.1. The molecule has 0 aromatic rings. The summed E-state index contributed by atoms with van der Waals surface area (Å²) in [7, 11) is 0. The number of allylic oxidation sites excluding steroid dienone is 1. The summed E-state index contributed by atoms with van der Waals surface area (Å²) < 4.78 is 12.1. The Labute approximate surface area is 78.5 Å². The van der Waals surface area contributed by atoms with Crippen molar-refractivity contribution in [2.45, 2.75) is 44.9 Å². The zero-order chi connectivity index (χ0) is 10.1. The summed E-state index contributed by atoms with van der Waals surface area (Å²) >= 11 is 0.